The first-order valence-corrected chi connectivity index (χ1v) is 13.3. The summed E-state index contributed by atoms with van der Waals surface area (Å²) >= 11 is 0. The maximum Gasteiger partial charge on any atom is 0.254 e. The van der Waals surface area contributed by atoms with Crippen LogP contribution in [0.5, 0.6) is 0 Å². The quantitative estimate of drug-likeness (QED) is 0.606. The first-order chi connectivity index (χ1) is 17.1. The van der Waals surface area contributed by atoms with Gasteiger partial charge in [-0.1, -0.05) is 30.3 Å². The number of fused-ring (bicyclic) bond motifs is 3. The number of hydrogen-bond acceptors (Lipinski definition) is 5. The molecule has 1 saturated heterocycles. The molecule has 3 heterocycles. The van der Waals surface area contributed by atoms with Crippen LogP contribution in [-0.4, -0.2) is 67.3 Å². The van der Waals surface area contributed by atoms with Gasteiger partial charge in [0, 0.05) is 61.3 Å². The zero-order valence-electron chi connectivity index (χ0n) is 20.5. The lowest BCUT2D eigenvalue weighted by molar-refractivity contribution is -0.112. The van der Waals surface area contributed by atoms with Crippen molar-refractivity contribution >= 4 is 17.9 Å². The third kappa shape index (κ3) is 4.62. The topological polar surface area (TPSA) is 64.7 Å². The third-order valence-electron chi connectivity index (χ3n) is 8.52. The maximum atomic E-state index is 13.6. The van der Waals surface area contributed by atoms with Crippen molar-refractivity contribution in [3.63, 3.8) is 0 Å². The van der Waals surface area contributed by atoms with Crippen LogP contribution >= 0.6 is 0 Å². The van der Waals surface area contributed by atoms with Crippen LogP contribution in [0.15, 0.2) is 42.5 Å². The second kappa shape index (κ2) is 9.40. The van der Waals surface area contributed by atoms with Crippen molar-refractivity contribution in [3.05, 3.63) is 64.7 Å². The SMILES string of the molecule is O=C[C@H](CN1CCc2ccccc2C1)CN1CC2(CC2)c2ccc(NC3CCNCC3)cc2C1=O. The third-order valence-corrected chi connectivity index (χ3v) is 8.52. The molecule has 1 atom stereocenters. The Morgan fingerprint density at radius 1 is 1.09 bits per heavy atom. The summed E-state index contributed by atoms with van der Waals surface area (Å²) in [6.07, 6.45) is 6.54. The zero-order valence-corrected chi connectivity index (χ0v) is 20.5. The molecular weight excluding hydrogens is 436 g/mol. The standard InChI is InChI=1S/C29H36N4O2/c34-19-21(16-32-14-9-22-3-1-2-4-23(22)18-32)17-33-20-29(10-11-29)27-6-5-25(15-26(27)28(33)35)31-24-7-12-30-13-8-24/h1-6,15,19,21,24,30-31H,7-14,16-18,20H2/t21-/m1/s1. The lowest BCUT2D eigenvalue weighted by Gasteiger charge is -2.37. The van der Waals surface area contributed by atoms with Gasteiger partial charge in [-0.25, -0.2) is 0 Å². The van der Waals surface area contributed by atoms with E-state index in [1.807, 2.05) is 4.90 Å². The van der Waals surface area contributed by atoms with E-state index < -0.39 is 0 Å². The number of anilines is 1. The molecule has 2 aromatic rings. The maximum absolute atomic E-state index is 13.6. The lowest BCUT2D eigenvalue weighted by Crippen LogP contribution is -2.47. The molecule has 0 aromatic heterocycles. The average Bonchev–Trinajstić information content (AvgIpc) is 3.67. The molecule has 0 bridgehead atoms. The van der Waals surface area contributed by atoms with E-state index in [1.54, 1.807) is 0 Å². The van der Waals surface area contributed by atoms with E-state index in [4.69, 9.17) is 0 Å². The normalized spacial score (nSPS) is 22.4. The van der Waals surface area contributed by atoms with E-state index in [1.165, 1.54) is 16.7 Å². The summed E-state index contributed by atoms with van der Waals surface area (Å²) in [6, 6.07) is 15.5. The minimum atomic E-state index is -0.169. The highest BCUT2D eigenvalue weighted by molar-refractivity contribution is 5.99. The summed E-state index contributed by atoms with van der Waals surface area (Å²) in [5.74, 6) is -0.0834. The fourth-order valence-electron chi connectivity index (χ4n) is 6.36. The highest BCUT2D eigenvalue weighted by Crippen LogP contribution is 2.52. The number of rotatable bonds is 7. The molecule has 6 heteroatoms. The Bertz CT molecular complexity index is 1110. The summed E-state index contributed by atoms with van der Waals surface area (Å²) < 4.78 is 0. The van der Waals surface area contributed by atoms with Crippen LogP contribution in [0.2, 0.25) is 0 Å². The molecular formula is C29H36N4O2. The highest BCUT2D eigenvalue weighted by atomic mass is 16.2. The second-order valence-corrected chi connectivity index (χ2v) is 11.0. The summed E-state index contributed by atoms with van der Waals surface area (Å²) in [5.41, 5.74) is 5.96. The summed E-state index contributed by atoms with van der Waals surface area (Å²) in [6.45, 7) is 5.88. The van der Waals surface area contributed by atoms with Gasteiger partial charge in [-0.2, -0.15) is 0 Å². The Hall–Kier alpha value is -2.70. The Kier molecular flexibility index (Phi) is 6.11. The summed E-state index contributed by atoms with van der Waals surface area (Å²) in [4.78, 5) is 30.1. The number of benzene rings is 2. The zero-order chi connectivity index (χ0) is 23.8. The van der Waals surface area contributed by atoms with Gasteiger partial charge in [0.25, 0.3) is 5.91 Å². The van der Waals surface area contributed by atoms with Crippen LogP contribution < -0.4 is 10.6 Å². The first kappa shape index (κ1) is 22.7. The van der Waals surface area contributed by atoms with Crippen LogP contribution in [0.25, 0.3) is 0 Å². The van der Waals surface area contributed by atoms with Crippen molar-refractivity contribution in [2.75, 3.05) is 44.6 Å². The molecule has 2 N–H and O–H groups in total. The van der Waals surface area contributed by atoms with Crippen molar-refractivity contribution in [2.24, 2.45) is 5.92 Å². The molecule has 2 aromatic carbocycles. The molecule has 0 radical (unpaired) electrons. The molecule has 4 aliphatic rings. The number of carbonyl (C=O) groups is 2. The van der Waals surface area contributed by atoms with Gasteiger partial charge in [0.05, 0.1) is 0 Å². The molecule has 3 aliphatic heterocycles. The van der Waals surface area contributed by atoms with E-state index in [2.05, 4.69) is 58.0 Å². The number of aldehydes is 1. The van der Waals surface area contributed by atoms with Gasteiger partial charge < -0.3 is 20.3 Å². The van der Waals surface area contributed by atoms with Gasteiger partial charge in [-0.05, 0) is 74.0 Å². The van der Waals surface area contributed by atoms with E-state index in [0.29, 0.717) is 19.1 Å². The molecule has 0 unspecified atom stereocenters. The van der Waals surface area contributed by atoms with E-state index in [9.17, 15) is 9.59 Å². The largest absolute Gasteiger partial charge is 0.382 e. The fraction of sp³-hybridized carbons (Fsp3) is 0.517. The number of piperidine rings is 1. The molecule has 1 amide bonds. The van der Waals surface area contributed by atoms with Crippen molar-refractivity contribution in [2.45, 2.75) is 50.1 Å². The first-order valence-electron chi connectivity index (χ1n) is 13.3. The lowest BCUT2D eigenvalue weighted by atomic mass is 9.85. The molecule has 35 heavy (non-hydrogen) atoms. The monoisotopic (exact) mass is 472 g/mol. The predicted molar refractivity (Wildman–Crippen MR) is 138 cm³/mol. The van der Waals surface area contributed by atoms with Crippen molar-refractivity contribution in [1.29, 1.82) is 0 Å². The molecule has 6 rings (SSSR count). The van der Waals surface area contributed by atoms with Crippen molar-refractivity contribution < 1.29 is 9.59 Å². The van der Waals surface area contributed by atoms with Gasteiger partial charge in [0.15, 0.2) is 0 Å². The number of hydrogen-bond donors (Lipinski definition) is 2. The minimum Gasteiger partial charge on any atom is -0.382 e. The van der Waals surface area contributed by atoms with Crippen LogP contribution in [0, 0.1) is 5.92 Å². The van der Waals surface area contributed by atoms with Gasteiger partial charge in [0.1, 0.15) is 6.29 Å². The van der Waals surface area contributed by atoms with E-state index >= 15 is 0 Å². The predicted octanol–water partition coefficient (Wildman–Crippen LogP) is 3.21. The van der Waals surface area contributed by atoms with Crippen LogP contribution in [0.4, 0.5) is 5.69 Å². The molecule has 1 saturated carbocycles. The highest BCUT2D eigenvalue weighted by Gasteiger charge is 2.51. The summed E-state index contributed by atoms with van der Waals surface area (Å²) in [7, 11) is 0. The second-order valence-electron chi connectivity index (χ2n) is 11.0. The van der Waals surface area contributed by atoms with E-state index in [-0.39, 0.29) is 17.2 Å². The van der Waals surface area contributed by atoms with Crippen molar-refractivity contribution in [1.82, 2.24) is 15.1 Å². The van der Waals surface area contributed by atoms with Crippen molar-refractivity contribution in [3.8, 4) is 0 Å². The Morgan fingerprint density at radius 2 is 1.89 bits per heavy atom. The van der Waals surface area contributed by atoms with Crippen LogP contribution in [-0.2, 0) is 23.2 Å². The number of carbonyl (C=O) groups excluding carboxylic acids is 2. The van der Waals surface area contributed by atoms with Crippen LogP contribution in [0.1, 0.15) is 52.7 Å². The smallest absolute Gasteiger partial charge is 0.254 e. The van der Waals surface area contributed by atoms with Gasteiger partial charge in [-0.3, -0.25) is 9.69 Å². The molecule has 1 aliphatic carbocycles. The van der Waals surface area contributed by atoms with Gasteiger partial charge >= 0.3 is 0 Å². The molecule has 184 valence electrons. The number of nitrogens with one attached hydrogen (secondary N) is 2. The molecule has 1 spiro atoms. The van der Waals surface area contributed by atoms with Crippen LogP contribution in [0.3, 0.4) is 0 Å². The summed E-state index contributed by atoms with van der Waals surface area (Å²) in [5, 5.41) is 7.06. The minimum absolute atomic E-state index is 0.0855. The Labute approximate surface area is 208 Å². The average molecular weight is 473 g/mol. The fourth-order valence-corrected chi connectivity index (χ4v) is 6.36. The van der Waals surface area contributed by atoms with Gasteiger partial charge in [-0.15, -0.1) is 0 Å². The van der Waals surface area contributed by atoms with E-state index in [0.717, 1.165) is 82.4 Å². The Balaban J connectivity index is 1.16. The number of amides is 1. The molecule has 6 nitrogen and oxygen atoms in total. The number of nitrogens with zero attached hydrogens (tertiary/aromatic N) is 2. The molecule has 2 fully saturated rings. The van der Waals surface area contributed by atoms with Gasteiger partial charge in [0.2, 0.25) is 0 Å². The Morgan fingerprint density at radius 3 is 2.66 bits per heavy atom.